The molecule has 2 aromatic carbocycles. The van der Waals surface area contributed by atoms with Crippen molar-refractivity contribution < 1.29 is 0 Å². The fraction of sp³-hybridized carbons (Fsp3) is 0.100. The van der Waals surface area contributed by atoms with Crippen LogP contribution in [-0.4, -0.2) is 14.6 Å². The Hall–Kier alpha value is -2.85. The molecule has 0 radical (unpaired) electrons. The van der Waals surface area contributed by atoms with E-state index in [4.69, 9.17) is 22.3 Å². The zero-order valence-corrected chi connectivity index (χ0v) is 14.7. The lowest BCUT2D eigenvalue weighted by Gasteiger charge is -2.11. The highest BCUT2D eigenvalue weighted by Gasteiger charge is 2.19. The Morgan fingerprint density at radius 3 is 2.16 bits per heavy atom. The molecule has 0 bridgehead atoms. The minimum Gasteiger partial charge on any atom is -0.383 e. The predicted octanol–water partition coefficient (Wildman–Crippen LogP) is 4.92. The van der Waals surface area contributed by atoms with Crippen molar-refractivity contribution in [3.8, 4) is 22.3 Å². The highest BCUT2D eigenvalue weighted by Crippen LogP contribution is 2.34. The van der Waals surface area contributed by atoms with Crippen molar-refractivity contribution in [2.75, 3.05) is 5.73 Å². The van der Waals surface area contributed by atoms with Gasteiger partial charge in [-0.3, -0.25) is 0 Å². The molecule has 5 heteroatoms. The molecule has 0 aliphatic rings. The normalized spacial score (nSPS) is 11.2. The minimum atomic E-state index is 0.594. The van der Waals surface area contributed by atoms with Gasteiger partial charge in [-0.05, 0) is 37.1 Å². The number of rotatable bonds is 2. The molecule has 4 rings (SSSR count). The molecule has 0 saturated carbocycles. The molecule has 2 heterocycles. The summed E-state index contributed by atoms with van der Waals surface area (Å²) in [5, 5.41) is 5.34. The van der Waals surface area contributed by atoms with Gasteiger partial charge in [-0.15, -0.1) is 0 Å². The van der Waals surface area contributed by atoms with Gasteiger partial charge in [-0.1, -0.05) is 54.1 Å². The van der Waals surface area contributed by atoms with Gasteiger partial charge in [-0.25, -0.2) is 4.98 Å². The molecule has 2 N–H and O–H groups in total. The van der Waals surface area contributed by atoms with E-state index in [2.05, 4.69) is 5.10 Å². The number of anilines is 1. The first-order chi connectivity index (χ1) is 12.1. The standard InChI is InChI=1S/C20H17ClN4/c1-12-17(14-6-4-3-5-7-14)19(22)25-20(23-12)18(13(2)24-25)15-8-10-16(21)11-9-15/h3-11H,22H2,1-2H3. The number of hydrogen-bond acceptors (Lipinski definition) is 3. The van der Waals surface area contributed by atoms with Gasteiger partial charge >= 0.3 is 0 Å². The SMILES string of the molecule is Cc1nc2c(-c3ccc(Cl)cc3)c(C)nn2c(N)c1-c1ccccc1. The summed E-state index contributed by atoms with van der Waals surface area (Å²) in [7, 11) is 0. The molecule has 4 nitrogen and oxygen atoms in total. The minimum absolute atomic E-state index is 0.594. The number of nitrogens with two attached hydrogens (primary N) is 1. The van der Waals surface area contributed by atoms with E-state index in [0.717, 1.165) is 39.3 Å². The summed E-state index contributed by atoms with van der Waals surface area (Å²) in [6.07, 6.45) is 0. The third kappa shape index (κ3) is 2.55. The summed E-state index contributed by atoms with van der Waals surface area (Å²) < 4.78 is 1.73. The second kappa shape index (κ2) is 5.90. The predicted molar refractivity (Wildman–Crippen MR) is 103 cm³/mol. The van der Waals surface area contributed by atoms with E-state index in [9.17, 15) is 0 Å². The molecule has 124 valence electrons. The van der Waals surface area contributed by atoms with Crippen LogP contribution in [0.15, 0.2) is 54.6 Å². The summed E-state index contributed by atoms with van der Waals surface area (Å²) in [4.78, 5) is 4.82. The second-order valence-corrected chi connectivity index (χ2v) is 6.46. The Kier molecular flexibility index (Phi) is 3.70. The number of aromatic nitrogens is 3. The number of nitrogen functional groups attached to an aromatic ring is 1. The van der Waals surface area contributed by atoms with Gasteiger partial charge in [0.1, 0.15) is 5.82 Å². The van der Waals surface area contributed by atoms with Gasteiger partial charge in [-0.2, -0.15) is 9.61 Å². The van der Waals surface area contributed by atoms with Crippen molar-refractivity contribution in [1.82, 2.24) is 14.6 Å². The molecule has 2 aromatic heterocycles. The molecule has 0 spiro atoms. The monoisotopic (exact) mass is 348 g/mol. The molecule has 25 heavy (non-hydrogen) atoms. The van der Waals surface area contributed by atoms with Crippen LogP contribution in [0.3, 0.4) is 0 Å². The fourth-order valence-electron chi connectivity index (χ4n) is 3.21. The first kappa shape index (κ1) is 15.7. The molecule has 0 aliphatic carbocycles. The van der Waals surface area contributed by atoms with Crippen LogP contribution in [0.25, 0.3) is 27.9 Å². The van der Waals surface area contributed by atoms with E-state index < -0.39 is 0 Å². The van der Waals surface area contributed by atoms with Crippen LogP contribution >= 0.6 is 11.6 Å². The first-order valence-corrected chi connectivity index (χ1v) is 8.41. The number of aryl methyl sites for hydroxylation is 2. The van der Waals surface area contributed by atoms with Crippen molar-refractivity contribution in [3.63, 3.8) is 0 Å². The molecule has 0 saturated heterocycles. The summed E-state index contributed by atoms with van der Waals surface area (Å²) in [5.41, 5.74) is 12.9. The molecular formula is C20H17ClN4. The number of nitrogens with zero attached hydrogens (tertiary/aromatic N) is 3. The summed E-state index contributed by atoms with van der Waals surface area (Å²) >= 11 is 6.01. The number of fused-ring (bicyclic) bond motifs is 1. The molecule has 0 aliphatic heterocycles. The van der Waals surface area contributed by atoms with Crippen LogP contribution in [0.4, 0.5) is 5.82 Å². The van der Waals surface area contributed by atoms with Crippen LogP contribution in [0.1, 0.15) is 11.4 Å². The van der Waals surface area contributed by atoms with Crippen LogP contribution in [0, 0.1) is 13.8 Å². The van der Waals surface area contributed by atoms with Crippen molar-refractivity contribution in [2.24, 2.45) is 0 Å². The lowest BCUT2D eigenvalue weighted by molar-refractivity contribution is 0.923. The molecule has 0 atom stereocenters. The zero-order valence-electron chi connectivity index (χ0n) is 14.0. The smallest absolute Gasteiger partial charge is 0.165 e. The number of hydrogen-bond donors (Lipinski definition) is 1. The average Bonchev–Trinajstić information content (AvgIpc) is 2.93. The van der Waals surface area contributed by atoms with Gasteiger partial charge in [0.2, 0.25) is 0 Å². The van der Waals surface area contributed by atoms with Crippen molar-refractivity contribution in [3.05, 3.63) is 71.0 Å². The van der Waals surface area contributed by atoms with Gasteiger partial charge in [0.25, 0.3) is 0 Å². The Bertz CT molecular complexity index is 1070. The highest BCUT2D eigenvalue weighted by molar-refractivity contribution is 6.30. The van der Waals surface area contributed by atoms with E-state index in [1.807, 2.05) is 68.4 Å². The van der Waals surface area contributed by atoms with E-state index in [-0.39, 0.29) is 0 Å². The highest BCUT2D eigenvalue weighted by atomic mass is 35.5. The molecule has 0 amide bonds. The second-order valence-electron chi connectivity index (χ2n) is 6.03. The van der Waals surface area contributed by atoms with Crippen molar-refractivity contribution in [1.29, 1.82) is 0 Å². The Balaban J connectivity index is 2.00. The Labute approximate surface area is 150 Å². The number of benzene rings is 2. The van der Waals surface area contributed by atoms with E-state index >= 15 is 0 Å². The first-order valence-electron chi connectivity index (χ1n) is 8.03. The van der Waals surface area contributed by atoms with Crippen molar-refractivity contribution in [2.45, 2.75) is 13.8 Å². The maximum atomic E-state index is 6.48. The maximum Gasteiger partial charge on any atom is 0.165 e. The van der Waals surface area contributed by atoms with Crippen LogP contribution in [-0.2, 0) is 0 Å². The quantitative estimate of drug-likeness (QED) is 0.559. The van der Waals surface area contributed by atoms with Gasteiger partial charge < -0.3 is 5.73 Å². The summed E-state index contributed by atoms with van der Waals surface area (Å²) in [5.74, 6) is 0.594. The lowest BCUT2D eigenvalue weighted by Crippen LogP contribution is -2.05. The van der Waals surface area contributed by atoms with Crippen LogP contribution in [0.5, 0.6) is 0 Å². The summed E-state index contributed by atoms with van der Waals surface area (Å²) in [6, 6.07) is 17.7. The van der Waals surface area contributed by atoms with Gasteiger partial charge in [0, 0.05) is 16.1 Å². The van der Waals surface area contributed by atoms with E-state index in [1.165, 1.54) is 0 Å². The molecular weight excluding hydrogens is 332 g/mol. The van der Waals surface area contributed by atoms with Crippen LogP contribution in [0.2, 0.25) is 5.02 Å². The molecule has 0 fully saturated rings. The molecule has 0 unspecified atom stereocenters. The van der Waals surface area contributed by atoms with E-state index in [1.54, 1.807) is 4.52 Å². The Morgan fingerprint density at radius 1 is 0.840 bits per heavy atom. The largest absolute Gasteiger partial charge is 0.383 e. The van der Waals surface area contributed by atoms with E-state index in [0.29, 0.717) is 10.8 Å². The lowest BCUT2D eigenvalue weighted by atomic mass is 10.0. The number of halogens is 1. The van der Waals surface area contributed by atoms with Crippen molar-refractivity contribution >= 4 is 23.1 Å². The third-order valence-electron chi connectivity index (χ3n) is 4.35. The third-order valence-corrected chi connectivity index (χ3v) is 4.60. The fourth-order valence-corrected chi connectivity index (χ4v) is 3.33. The topological polar surface area (TPSA) is 56.2 Å². The zero-order chi connectivity index (χ0) is 17.6. The average molecular weight is 349 g/mol. The molecule has 4 aromatic rings. The Morgan fingerprint density at radius 2 is 1.48 bits per heavy atom. The maximum absolute atomic E-state index is 6.48. The summed E-state index contributed by atoms with van der Waals surface area (Å²) in [6.45, 7) is 3.95. The van der Waals surface area contributed by atoms with Gasteiger partial charge in [0.05, 0.1) is 11.4 Å². The van der Waals surface area contributed by atoms with Crippen LogP contribution < -0.4 is 5.73 Å². The van der Waals surface area contributed by atoms with Gasteiger partial charge in [0.15, 0.2) is 5.65 Å².